The van der Waals surface area contributed by atoms with Crippen molar-refractivity contribution < 1.29 is 19.1 Å². The summed E-state index contributed by atoms with van der Waals surface area (Å²) in [5, 5.41) is 16.7. The molecule has 0 spiro atoms. The van der Waals surface area contributed by atoms with Crippen LogP contribution in [0.25, 0.3) is 0 Å². The summed E-state index contributed by atoms with van der Waals surface area (Å²) in [4.78, 5) is 26.4. The number of carbonyl (C=O) groups excluding carboxylic acids is 2. The topological polar surface area (TPSA) is 107 Å². The van der Waals surface area contributed by atoms with E-state index in [1.807, 2.05) is 0 Å². The van der Waals surface area contributed by atoms with Crippen LogP contribution in [-0.2, 0) is 19.1 Å². The summed E-state index contributed by atoms with van der Waals surface area (Å²) in [7, 11) is 0. The number of piperazine rings is 1. The van der Waals surface area contributed by atoms with Crippen molar-refractivity contribution in [3.05, 3.63) is 0 Å². The third-order valence-corrected chi connectivity index (χ3v) is 3.25. The number of carbonyl (C=O) groups is 2. The van der Waals surface area contributed by atoms with Gasteiger partial charge in [-0.05, 0) is 0 Å². The molecule has 0 radical (unpaired) electrons. The first-order valence-electron chi connectivity index (χ1n) is 7.15. The Morgan fingerprint density at radius 2 is 1.18 bits per heavy atom. The van der Waals surface area contributed by atoms with Crippen LogP contribution in [0.3, 0.4) is 0 Å². The van der Waals surface area contributed by atoms with Crippen LogP contribution in [0.2, 0.25) is 0 Å². The van der Waals surface area contributed by atoms with Crippen LogP contribution in [0.15, 0.2) is 0 Å². The molecule has 8 nitrogen and oxygen atoms in total. The second kappa shape index (κ2) is 10.6. The predicted octanol–water partition coefficient (Wildman–Crippen LogP) is -0.482. The first-order chi connectivity index (χ1) is 10.7. The largest absolute Gasteiger partial charge is 0.464 e. The maximum atomic E-state index is 11.0. The van der Waals surface area contributed by atoms with Gasteiger partial charge in [-0.25, -0.2) is 0 Å². The molecule has 0 N–H and O–H groups in total. The number of esters is 2. The molecule has 22 heavy (non-hydrogen) atoms. The van der Waals surface area contributed by atoms with E-state index < -0.39 is 11.9 Å². The number of hydrogen-bond acceptors (Lipinski definition) is 8. The number of ether oxygens (including phenoxy) is 2. The van der Waals surface area contributed by atoms with Crippen molar-refractivity contribution in [1.82, 2.24) is 9.80 Å². The van der Waals surface area contributed by atoms with Gasteiger partial charge in [0.15, 0.2) is 0 Å². The van der Waals surface area contributed by atoms with Crippen molar-refractivity contribution in [2.45, 2.75) is 12.8 Å². The van der Waals surface area contributed by atoms with Gasteiger partial charge in [-0.3, -0.25) is 19.4 Å². The van der Waals surface area contributed by atoms with Gasteiger partial charge in [0.05, 0.1) is 12.1 Å². The van der Waals surface area contributed by atoms with Crippen LogP contribution >= 0.6 is 0 Å². The molecular formula is C14H20N4O4. The summed E-state index contributed by atoms with van der Waals surface area (Å²) in [6.45, 7) is 5.30. The molecule has 0 aromatic heterocycles. The van der Waals surface area contributed by atoms with Gasteiger partial charge in [-0.15, -0.1) is 0 Å². The molecule has 0 bridgehead atoms. The molecule has 8 heteroatoms. The highest BCUT2D eigenvalue weighted by Crippen LogP contribution is 2.01. The quantitative estimate of drug-likeness (QED) is 0.553. The monoisotopic (exact) mass is 308 g/mol. The van der Waals surface area contributed by atoms with Crippen molar-refractivity contribution in [3.8, 4) is 12.1 Å². The fourth-order valence-electron chi connectivity index (χ4n) is 2.04. The molecule has 0 atom stereocenters. The summed E-state index contributed by atoms with van der Waals surface area (Å²) in [5.41, 5.74) is 0. The smallest absolute Gasteiger partial charge is 0.320 e. The van der Waals surface area contributed by atoms with Gasteiger partial charge in [0.1, 0.15) is 26.1 Å². The summed E-state index contributed by atoms with van der Waals surface area (Å²) in [5.74, 6) is -0.972. The maximum Gasteiger partial charge on any atom is 0.320 e. The molecule has 1 saturated heterocycles. The van der Waals surface area contributed by atoms with Crippen LogP contribution in [0.5, 0.6) is 0 Å². The minimum atomic E-state index is -0.486. The molecule has 120 valence electrons. The van der Waals surface area contributed by atoms with Gasteiger partial charge in [0, 0.05) is 39.3 Å². The lowest BCUT2D eigenvalue weighted by Crippen LogP contribution is -2.48. The van der Waals surface area contributed by atoms with E-state index in [4.69, 9.17) is 20.0 Å². The normalized spacial score (nSPS) is 15.5. The van der Waals surface area contributed by atoms with Crippen molar-refractivity contribution in [3.63, 3.8) is 0 Å². The minimum Gasteiger partial charge on any atom is -0.464 e. The third-order valence-electron chi connectivity index (χ3n) is 3.25. The van der Waals surface area contributed by atoms with E-state index in [9.17, 15) is 9.59 Å². The molecule has 0 unspecified atom stereocenters. The van der Waals surface area contributed by atoms with E-state index in [0.717, 1.165) is 26.2 Å². The number of hydrogen-bond donors (Lipinski definition) is 0. The third kappa shape index (κ3) is 7.58. The van der Waals surface area contributed by atoms with E-state index in [1.165, 1.54) is 0 Å². The van der Waals surface area contributed by atoms with Crippen LogP contribution < -0.4 is 0 Å². The van der Waals surface area contributed by atoms with Crippen LogP contribution in [-0.4, -0.2) is 74.2 Å². The standard InChI is InChI=1S/C14H20N4O4/c15-3-1-13(19)21-11-9-17-5-7-18(8-6-17)10-12-22-14(20)2-4-16/h1-2,5-12H2. The average molecular weight is 308 g/mol. The Bertz CT molecular complexity index is 405. The SMILES string of the molecule is N#CCC(=O)OCCN1CCN(CCOC(=O)CC#N)CC1. The zero-order valence-electron chi connectivity index (χ0n) is 12.5. The molecule has 0 aliphatic carbocycles. The van der Waals surface area contributed by atoms with Gasteiger partial charge >= 0.3 is 11.9 Å². The zero-order valence-corrected chi connectivity index (χ0v) is 12.5. The Labute approximate surface area is 129 Å². The number of nitriles is 2. The molecular weight excluding hydrogens is 288 g/mol. The van der Waals surface area contributed by atoms with E-state index in [0.29, 0.717) is 26.3 Å². The highest BCUT2D eigenvalue weighted by Gasteiger charge is 2.17. The molecule has 1 rings (SSSR count). The molecule has 0 saturated carbocycles. The van der Waals surface area contributed by atoms with Gasteiger partial charge in [-0.2, -0.15) is 10.5 Å². The summed E-state index contributed by atoms with van der Waals surface area (Å²) in [6.07, 6.45) is -0.420. The second-order valence-electron chi connectivity index (χ2n) is 4.79. The highest BCUT2D eigenvalue weighted by atomic mass is 16.5. The molecule has 0 aromatic carbocycles. The Hall–Kier alpha value is -2.16. The maximum absolute atomic E-state index is 11.0. The Morgan fingerprint density at radius 3 is 1.50 bits per heavy atom. The Kier molecular flexibility index (Phi) is 8.58. The predicted molar refractivity (Wildman–Crippen MR) is 75.3 cm³/mol. The molecule has 1 aliphatic rings. The van der Waals surface area contributed by atoms with E-state index in [-0.39, 0.29) is 12.8 Å². The molecule has 0 amide bonds. The van der Waals surface area contributed by atoms with Crippen molar-refractivity contribution >= 4 is 11.9 Å². The first kappa shape index (κ1) is 17.9. The number of nitrogens with zero attached hydrogens (tertiary/aromatic N) is 4. The summed E-state index contributed by atoms with van der Waals surface area (Å²) >= 11 is 0. The van der Waals surface area contributed by atoms with E-state index in [1.54, 1.807) is 12.1 Å². The van der Waals surface area contributed by atoms with Crippen molar-refractivity contribution in [2.75, 3.05) is 52.5 Å². The second-order valence-corrected chi connectivity index (χ2v) is 4.79. The lowest BCUT2D eigenvalue weighted by atomic mass is 10.3. The molecule has 0 aromatic rings. The van der Waals surface area contributed by atoms with Gasteiger partial charge in [0.2, 0.25) is 0 Å². The average Bonchev–Trinajstić information content (AvgIpc) is 2.49. The lowest BCUT2D eigenvalue weighted by Gasteiger charge is -2.34. The van der Waals surface area contributed by atoms with Crippen LogP contribution in [0.4, 0.5) is 0 Å². The fourth-order valence-corrected chi connectivity index (χ4v) is 2.04. The van der Waals surface area contributed by atoms with E-state index >= 15 is 0 Å². The summed E-state index contributed by atoms with van der Waals surface area (Å²) in [6, 6.07) is 3.50. The van der Waals surface area contributed by atoms with Gasteiger partial charge in [-0.1, -0.05) is 0 Å². The van der Waals surface area contributed by atoms with Crippen molar-refractivity contribution in [2.24, 2.45) is 0 Å². The van der Waals surface area contributed by atoms with Gasteiger partial charge < -0.3 is 9.47 Å². The summed E-state index contributed by atoms with van der Waals surface area (Å²) < 4.78 is 9.85. The van der Waals surface area contributed by atoms with Gasteiger partial charge in [0.25, 0.3) is 0 Å². The molecule has 1 fully saturated rings. The first-order valence-corrected chi connectivity index (χ1v) is 7.15. The highest BCUT2D eigenvalue weighted by molar-refractivity contribution is 5.72. The van der Waals surface area contributed by atoms with Crippen LogP contribution in [0, 0.1) is 22.7 Å². The molecule has 1 aliphatic heterocycles. The fraction of sp³-hybridized carbons (Fsp3) is 0.714. The Morgan fingerprint density at radius 1 is 0.818 bits per heavy atom. The lowest BCUT2D eigenvalue weighted by molar-refractivity contribution is -0.144. The minimum absolute atomic E-state index is 0.210. The number of rotatable bonds is 8. The molecule has 1 heterocycles. The Balaban J connectivity index is 2.06. The van der Waals surface area contributed by atoms with Crippen molar-refractivity contribution in [1.29, 1.82) is 10.5 Å². The van der Waals surface area contributed by atoms with E-state index in [2.05, 4.69) is 9.80 Å². The zero-order chi connectivity index (χ0) is 16.2. The van der Waals surface area contributed by atoms with Crippen LogP contribution in [0.1, 0.15) is 12.8 Å².